The summed E-state index contributed by atoms with van der Waals surface area (Å²) in [6.07, 6.45) is 0. The maximum absolute atomic E-state index is 9.51. The van der Waals surface area contributed by atoms with E-state index in [1.54, 1.807) is 0 Å². The Morgan fingerprint density at radius 2 is 0.550 bits per heavy atom. The minimum atomic E-state index is -4.93. The second kappa shape index (κ2) is 9.81. The molecule has 0 aliphatic heterocycles. The van der Waals surface area contributed by atoms with Crippen molar-refractivity contribution in [3.05, 3.63) is 0 Å². The van der Waals surface area contributed by atoms with Crippen molar-refractivity contribution in [3.8, 4) is 0 Å². The molecule has 0 N–H and O–H groups in total. The molecular weight excluding hydrogens is 475 g/mol. The van der Waals surface area contributed by atoms with Crippen molar-refractivity contribution in [3.63, 3.8) is 0 Å². The van der Waals surface area contributed by atoms with Crippen LogP contribution in [0, 0.1) is 0 Å². The van der Waals surface area contributed by atoms with E-state index in [0.29, 0.717) is 0 Å². The van der Waals surface area contributed by atoms with Crippen molar-refractivity contribution >= 4 is 40.5 Å². The van der Waals surface area contributed by atoms with Crippen LogP contribution in [0.3, 0.4) is 0 Å². The third-order valence-corrected chi connectivity index (χ3v) is 5.20. The number of hydrogen-bond donors (Lipinski definition) is 0. The van der Waals surface area contributed by atoms with Gasteiger partial charge in [0.25, 0.3) is 0 Å². The molecule has 0 rings (SSSR count). The third kappa shape index (κ3) is 36.4. The molecule has 0 aromatic rings. The molecule has 0 aromatic heterocycles. The van der Waals surface area contributed by atoms with Crippen LogP contribution in [-0.4, -0.2) is 62.1 Å². The zero-order chi connectivity index (χ0) is 15.4. The molecule has 0 fully saturated rings. The van der Waals surface area contributed by atoms with E-state index in [4.69, 9.17) is 0 Å². The average molecular weight is 479 g/mol. The molecule has 20 heavy (non-hydrogen) atoms. The summed E-state index contributed by atoms with van der Waals surface area (Å²) in [6, 6.07) is 0. The first kappa shape index (κ1) is 29.0. The standard InChI is InChI=1S/2CH4O6S2.2Zn/c2*2-8(3,4)1-9(5,6)7;;/h2*1H2,(H,2,3,4)(H,5,6,7);;/q;;2*+2/p-4. The Bertz CT molecular complexity index is 544. The molecule has 0 bridgehead atoms. The molecule has 112 valence electrons. The van der Waals surface area contributed by atoms with E-state index >= 15 is 0 Å². The van der Waals surface area contributed by atoms with E-state index in [1.807, 2.05) is 0 Å². The van der Waals surface area contributed by atoms with Crippen LogP contribution in [0.15, 0.2) is 0 Å². The van der Waals surface area contributed by atoms with Crippen LogP contribution < -0.4 is 0 Å². The van der Waals surface area contributed by atoms with E-state index in [2.05, 4.69) is 0 Å². The summed E-state index contributed by atoms with van der Waals surface area (Å²) >= 11 is 0. The van der Waals surface area contributed by atoms with Gasteiger partial charge in [-0.05, 0) is 0 Å². The van der Waals surface area contributed by atoms with Crippen LogP contribution in [0.25, 0.3) is 0 Å². The van der Waals surface area contributed by atoms with E-state index in [-0.39, 0.29) is 39.0 Å². The van der Waals surface area contributed by atoms with Gasteiger partial charge in [-0.2, -0.15) is 0 Å². The van der Waals surface area contributed by atoms with E-state index < -0.39 is 50.6 Å². The summed E-state index contributed by atoms with van der Waals surface area (Å²) in [5, 5.41) is -3.75. The Hall–Kier alpha value is 0.887. The number of hydrogen-bond acceptors (Lipinski definition) is 12. The first-order valence-corrected chi connectivity index (χ1v) is 9.46. The van der Waals surface area contributed by atoms with E-state index in [0.717, 1.165) is 0 Å². The zero-order valence-corrected chi connectivity index (χ0v) is 18.6. The molecule has 18 heteroatoms. The molecule has 0 amide bonds. The van der Waals surface area contributed by atoms with Gasteiger partial charge >= 0.3 is 39.0 Å². The SMILES string of the molecule is O=S(=O)([O-])CS(=O)(=O)[O-].O=S(=O)([O-])CS(=O)(=O)[O-].[Zn+2].[Zn+2]. The Balaban J connectivity index is -0.000000116. The van der Waals surface area contributed by atoms with Crippen LogP contribution in [-0.2, 0) is 79.4 Å². The van der Waals surface area contributed by atoms with Crippen molar-refractivity contribution < 1.29 is 90.8 Å². The molecule has 0 saturated carbocycles. The van der Waals surface area contributed by atoms with Crippen molar-refractivity contribution in [2.45, 2.75) is 0 Å². The predicted octanol–water partition coefficient (Wildman–Crippen LogP) is -3.94. The molecule has 0 aromatic carbocycles. The monoisotopic (exact) mass is 476 g/mol. The van der Waals surface area contributed by atoms with Crippen molar-refractivity contribution in [2.24, 2.45) is 0 Å². The van der Waals surface area contributed by atoms with Gasteiger partial charge in [0, 0.05) is 0 Å². The Morgan fingerprint density at radius 3 is 0.550 bits per heavy atom. The number of rotatable bonds is 4. The van der Waals surface area contributed by atoms with Crippen molar-refractivity contribution in [2.75, 3.05) is 10.2 Å². The molecular formula is C2H4O12S4Zn2. The predicted molar refractivity (Wildman–Crippen MR) is 48.5 cm³/mol. The topological polar surface area (TPSA) is 229 Å². The van der Waals surface area contributed by atoms with Gasteiger partial charge in [-0.25, -0.2) is 33.7 Å². The summed E-state index contributed by atoms with van der Waals surface area (Å²) in [5.74, 6) is 0. The molecule has 0 radical (unpaired) electrons. The van der Waals surface area contributed by atoms with Crippen LogP contribution in [0.5, 0.6) is 0 Å². The zero-order valence-electron chi connectivity index (χ0n) is 9.36. The Kier molecular flexibility index (Phi) is 14.2. The van der Waals surface area contributed by atoms with Crippen LogP contribution in [0.2, 0.25) is 0 Å². The molecule has 12 nitrogen and oxygen atoms in total. The van der Waals surface area contributed by atoms with Gasteiger partial charge in [-0.3, -0.25) is 0 Å². The fraction of sp³-hybridized carbons (Fsp3) is 1.00. The van der Waals surface area contributed by atoms with E-state index in [9.17, 15) is 51.9 Å². The van der Waals surface area contributed by atoms with Crippen LogP contribution in [0.4, 0.5) is 0 Å². The minimum Gasteiger partial charge on any atom is -0.747 e. The molecule has 0 heterocycles. The summed E-state index contributed by atoms with van der Waals surface area (Å²) in [7, 11) is -19.7. The van der Waals surface area contributed by atoms with Gasteiger partial charge in [-0.1, -0.05) is 0 Å². The van der Waals surface area contributed by atoms with Crippen molar-refractivity contribution in [1.29, 1.82) is 0 Å². The van der Waals surface area contributed by atoms with Crippen molar-refractivity contribution in [1.82, 2.24) is 0 Å². The summed E-state index contributed by atoms with van der Waals surface area (Å²) in [5.41, 5.74) is 0. The van der Waals surface area contributed by atoms with Gasteiger partial charge in [0.2, 0.25) is 0 Å². The fourth-order valence-electron chi connectivity index (χ4n) is 0.354. The van der Waals surface area contributed by atoms with Gasteiger partial charge in [0.1, 0.15) is 50.6 Å². The van der Waals surface area contributed by atoms with Crippen LogP contribution >= 0.6 is 0 Å². The van der Waals surface area contributed by atoms with E-state index in [1.165, 1.54) is 0 Å². The fourth-order valence-corrected chi connectivity index (χ4v) is 3.18. The molecule has 0 unspecified atom stereocenters. The van der Waals surface area contributed by atoms with Gasteiger partial charge < -0.3 is 18.2 Å². The maximum atomic E-state index is 9.51. The van der Waals surface area contributed by atoms with Gasteiger partial charge in [0.15, 0.2) is 0 Å². The Morgan fingerprint density at radius 1 is 0.450 bits per heavy atom. The molecule has 0 aliphatic carbocycles. The second-order valence-electron chi connectivity index (χ2n) is 2.47. The molecule has 0 atom stereocenters. The smallest absolute Gasteiger partial charge is 0.747 e. The minimum absolute atomic E-state index is 0. The first-order valence-electron chi connectivity index (χ1n) is 3.15. The summed E-state index contributed by atoms with van der Waals surface area (Å²) in [6.45, 7) is 0. The summed E-state index contributed by atoms with van der Waals surface area (Å²) in [4.78, 5) is 0. The average Bonchev–Trinajstić information content (AvgIpc) is 1.64. The van der Waals surface area contributed by atoms with Crippen LogP contribution in [0.1, 0.15) is 0 Å². The molecule has 0 spiro atoms. The summed E-state index contributed by atoms with van der Waals surface area (Å²) < 4.78 is 114. The van der Waals surface area contributed by atoms with Gasteiger partial charge in [0.05, 0.1) is 0 Å². The molecule has 0 aliphatic rings. The third-order valence-electron chi connectivity index (χ3n) is 0.577. The maximum Gasteiger partial charge on any atom is 2.00 e. The second-order valence-corrected chi connectivity index (χ2v) is 8.81. The first-order chi connectivity index (χ1) is 7.41. The van der Waals surface area contributed by atoms with Gasteiger partial charge in [-0.15, -0.1) is 0 Å². The largest absolute Gasteiger partial charge is 2.00 e. The normalized spacial score (nSPS) is 12.2. The quantitative estimate of drug-likeness (QED) is 0.278. The Labute approximate surface area is 140 Å². The molecule has 0 saturated heterocycles.